The third kappa shape index (κ3) is 5.76. The van der Waals surface area contributed by atoms with Crippen molar-refractivity contribution in [3.8, 4) is 5.88 Å². The number of hydrogen-bond donors (Lipinski definition) is 3. The average molecular weight is 269 g/mol. The van der Waals surface area contributed by atoms with Gasteiger partial charge in [-0.15, -0.1) is 0 Å². The Bertz CT molecular complexity index is 405. The van der Waals surface area contributed by atoms with E-state index in [4.69, 9.17) is 15.2 Å². The maximum absolute atomic E-state index is 9.55. The number of aliphatic hydroxyl groups is 1. The number of nitrogens with one attached hydrogen (secondary N) is 1. The molecule has 0 bridgehead atoms. The molecule has 0 aliphatic heterocycles. The molecule has 0 aliphatic rings. The molecule has 6 nitrogen and oxygen atoms in total. The molecule has 19 heavy (non-hydrogen) atoms. The molecule has 0 fully saturated rings. The minimum atomic E-state index is -0.587. The Morgan fingerprint density at radius 3 is 2.68 bits per heavy atom. The topological polar surface area (TPSA) is 89.6 Å². The Morgan fingerprint density at radius 2 is 2.11 bits per heavy atom. The predicted molar refractivity (Wildman–Crippen MR) is 75.4 cm³/mol. The molecule has 1 unspecified atom stereocenters. The molecule has 0 saturated heterocycles. The monoisotopic (exact) mass is 269 g/mol. The summed E-state index contributed by atoms with van der Waals surface area (Å²) >= 11 is 0. The Morgan fingerprint density at radius 1 is 1.42 bits per heavy atom. The van der Waals surface area contributed by atoms with E-state index in [0.717, 1.165) is 0 Å². The van der Waals surface area contributed by atoms with Gasteiger partial charge in [0.1, 0.15) is 11.4 Å². The molecule has 1 rings (SSSR count). The summed E-state index contributed by atoms with van der Waals surface area (Å²) in [6.45, 7) is 6.40. The molecule has 1 heterocycles. The van der Waals surface area contributed by atoms with Crippen LogP contribution in [0.3, 0.4) is 0 Å². The summed E-state index contributed by atoms with van der Waals surface area (Å²) in [6.07, 6.45) is -0.587. The quantitative estimate of drug-likeness (QED) is 0.720. The first kappa shape index (κ1) is 15.5. The summed E-state index contributed by atoms with van der Waals surface area (Å²) in [6, 6.07) is 3.46. The zero-order valence-corrected chi connectivity index (χ0v) is 11.9. The highest BCUT2D eigenvalue weighted by Crippen LogP contribution is 2.24. The summed E-state index contributed by atoms with van der Waals surface area (Å²) in [5.74, 6) is 0.988. The molecule has 0 aromatic carbocycles. The number of ether oxygens (including phenoxy) is 2. The number of nitrogens with zero attached hydrogens (tertiary/aromatic N) is 1. The van der Waals surface area contributed by atoms with Crippen molar-refractivity contribution >= 4 is 11.5 Å². The van der Waals surface area contributed by atoms with E-state index >= 15 is 0 Å². The first-order chi connectivity index (χ1) is 8.81. The lowest BCUT2D eigenvalue weighted by atomic mass is 10.2. The number of nitrogens with two attached hydrogens (primary N) is 1. The summed E-state index contributed by atoms with van der Waals surface area (Å²) in [5, 5.41) is 12.6. The Labute approximate surface area is 113 Å². The van der Waals surface area contributed by atoms with Crippen LogP contribution in [0.2, 0.25) is 0 Å². The first-order valence-corrected chi connectivity index (χ1v) is 6.18. The van der Waals surface area contributed by atoms with E-state index in [-0.39, 0.29) is 12.2 Å². The van der Waals surface area contributed by atoms with E-state index < -0.39 is 6.10 Å². The maximum atomic E-state index is 9.55. The van der Waals surface area contributed by atoms with Gasteiger partial charge in [-0.2, -0.15) is 4.98 Å². The van der Waals surface area contributed by atoms with Crippen LogP contribution < -0.4 is 15.8 Å². The van der Waals surface area contributed by atoms with E-state index in [1.54, 1.807) is 19.2 Å². The number of nitrogen functional groups attached to an aromatic ring is 1. The van der Waals surface area contributed by atoms with Gasteiger partial charge in [-0.1, -0.05) is 0 Å². The molecule has 1 aromatic heterocycles. The van der Waals surface area contributed by atoms with Crippen molar-refractivity contribution in [3.05, 3.63) is 12.1 Å². The second-order valence-electron chi connectivity index (χ2n) is 5.30. The van der Waals surface area contributed by atoms with Crippen molar-refractivity contribution in [2.24, 2.45) is 0 Å². The number of methoxy groups -OCH3 is 1. The third-order valence-electron chi connectivity index (χ3n) is 2.17. The van der Waals surface area contributed by atoms with Gasteiger partial charge >= 0.3 is 0 Å². The molecule has 0 amide bonds. The average Bonchev–Trinajstić information content (AvgIpc) is 2.29. The highest BCUT2D eigenvalue weighted by Gasteiger charge is 2.15. The van der Waals surface area contributed by atoms with Crippen LogP contribution in [-0.2, 0) is 4.74 Å². The van der Waals surface area contributed by atoms with Gasteiger partial charge < -0.3 is 25.6 Å². The van der Waals surface area contributed by atoms with Crippen LogP contribution in [0.25, 0.3) is 0 Å². The largest absolute Gasteiger partial charge is 0.470 e. The lowest BCUT2D eigenvalue weighted by Gasteiger charge is -2.22. The molecule has 0 radical (unpaired) electrons. The summed E-state index contributed by atoms with van der Waals surface area (Å²) in [4.78, 5) is 4.28. The van der Waals surface area contributed by atoms with Gasteiger partial charge in [-0.25, -0.2) is 0 Å². The predicted octanol–water partition coefficient (Wildman–Crippen LogP) is 1.26. The van der Waals surface area contributed by atoms with Crippen LogP contribution in [0.4, 0.5) is 11.5 Å². The van der Waals surface area contributed by atoms with Gasteiger partial charge in [0.25, 0.3) is 0 Å². The molecule has 108 valence electrons. The van der Waals surface area contributed by atoms with Crippen LogP contribution in [0.1, 0.15) is 20.8 Å². The zero-order valence-electron chi connectivity index (χ0n) is 11.9. The number of hydrogen-bond acceptors (Lipinski definition) is 6. The highest BCUT2D eigenvalue weighted by atomic mass is 16.5. The maximum Gasteiger partial charge on any atom is 0.239 e. The molecular weight excluding hydrogens is 246 g/mol. The molecule has 1 aromatic rings. The van der Waals surface area contributed by atoms with Crippen LogP contribution in [-0.4, -0.2) is 42.1 Å². The SMILES string of the molecule is COCC(O)CNc1ccc(N)c(OC(C)(C)C)n1. The van der Waals surface area contributed by atoms with Crippen LogP contribution in [0, 0.1) is 0 Å². The van der Waals surface area contributed by atoms with Crippen molar-refractivity contribution in [1.82, 2.24) is 4.98 Å². The molecule has 4 N–H and O–H groups in total. The number of pyridine rings is 1. The van der Waals surface area contributed by atoms with Gasteiger partial charge in [0.2, 0.25) is 5.88 Å². The normalized spacial score (nSPS) is 13.1. The minimum Gasteiger partial charge on any atom is -0.470 e. The Balaban J connectivity index is 2.68. The summed E-state index contributed by atoms with van der Waals surface area (Å²) < 4.78 is 10.5. The van der Waals surface area contributed by atoms with E-state index in [1.807, 2.05) is 20.8 Å². The van der Waals surface area contributed by atoms with Gasteiger partial charge in [-0.05, 0) is 32.9 Å². The van der Waals surface area contributed by atoms with Crippen molar-refractivity contribution < 1.29 is 14.6 Å². The van der Waals surface area contributed by atoms with E-state index in [9.17, 15) is 5.11 Å². The van der Waals surface area contributed by atoms with Gasteiger partial charge in [0.15, 0.2) is 0 Å². The Hall–Kier alpha value is -1.53. The summed E-state index contributed by atoms with van der Waals surface area (Å²) in [5.41, 5.74) is 5.93. The lowest BCUT2D eigenvalue weighted by Crippen LogP contribution is -2.26. The van der Waals surface area contributed by atoms with E-state index in [2.05, 4.69) is 10.3 Å². The second kappa shape index (κ2) is 6.58. The number of aromatic nitrogens is 1. The molecule has 0 spiro atoms. The summed E-state index contributed by atoms with van der Waals surface area (Å²) in [7, 11) is 1.54. The van der Waals surface area contributed by atoms with Crippen molar-refractivity contribution in [2.75, 3.05) is 31.3 Å². The van der Waals surface area contributed by atoms with Crippen molar-refractivity contribution in [3.63, 3.8) is 0 Å². The third-order valence-corrected chi connectivity index (χ3v) is 2.17. The molecular formula is C13H23N3O3. The van der Waals surface area contributed by atoms with Gasteiger partial charge in [0, 0.05) is 13.7 Å². The van der Waals surface area contributed by atoms with Gasteiger partial charge in [-0.3, -0.25) is 0 Å². The van der Waals surface area contributed by atoms with Crippen LogP contribution >= 0.6 is 0 Å². The van der Waals surface area contributed by atoms with E-state index in [1.165, 1.54) is 0 Å². The fourth-order valence-corrected chi connectivity index (χ4v) is 1.40. The standard InChI is InChI=1S/C13H23N3O3/c1-13(2,3)19-12-10(14)5-6-11(16-12)15-7-9(17)8-18-4/h5-6,9,17H,7-8,14H2,1-4H3,(H,15,16). The smallest absolute Gasteiger partial charge is 0.239 e. The van der Waals surface area contributed by atoms with Crippen LogP contribution in [0.15, 0.2) is 12.1 Å². The first-order valence-electron chi connectivity index (χ1n) is 6.18. The molecule has 0 saturated carbocycles. The highest BCUT2D eigenvalue weighted by molar-refractivity contribution is 5.53. The molecule has 0 aliphatic carbocycles. The Kier molecular flexibility index (Phi) is 5.38. The number of aliphatic hydroxyl groups excluding tert-OH is 1. The number of anilines is 2. The fourth-order valence-electron chi connectivity index (χ4n) is 1.40. The fraction of sp³-hybridized carbons (Fsp3) is 0.615. The van der Waals surface area contributed by atoms with E-state index in [0.29, 0.717) is 23.9 Å². The molecule has 6 heteroatoms. The lowest BCUT2D eigenvalue weighted by molar-refractivity contribution is 0.0726. The minimum absolute atomic E-state index is 0.271. The van der Waals surface area contributed by atoms with Crippen LogP contribution in [0.5, 0.6) is 5.88 Å². The van der Waals surface area contributed by atoms with Gasteiger partial charge in [0.05, 0.1) is 18.4 Å². The number of rotatable bonds is 6. The second-order valence-corrected chi connectivity index (χ2v) is 5.30. The molecule has 1 atom stereocenters. The van der Waals surface area contributed by atoms with Crippen molar-refractivity contribution in [1.29, 1.82) is 0 Å². The van der Waals surface area contributed by atoms with Crippen molar-refractivity contribution in [2.45, 2.75) is 32.5 Å². The zero-order chi connectivity index (χ0) is 14.5.